The average molecular weight is 230 g/mol. The number of ether oxygens (including phenoxy) is 2. The lowest BCUT2D eigenvalue weighted by molar-refractivity contribution is -0.122. The van der Waals surface area contributed by atoms with Crippen LogP contribution < -0.4 is 10.6 Å². The number of aliphatic hydroxyl groups excluding tert-OH is 1. The number of carbonyl (C=O) groups excluding carboxylic acids is 1. The Hall–Kier alpha value is -1.27. The highest BCUT2D eigenvalue weighted by atomic mass is 16.6. The smallest absolute Gasteiger partial charge is 0.289 e. The molecule has 0 fully saturated rings. The van der Waals surface area contributed by atoms with Crippen LogP contribution in [-0.2, 0) is 14.3 Å². The minimum absolute atomic E-state index is 0.210. The van der Waals surface area contributed by atoms with Crippen molar-refractivity contribution in [1.82, 2.24) is 10.6 Å². The van der Waals surface area contributed by atoms with E-state index in [2.05, 4.69) is 10.6 Å². The summed E-state index contributed by atoms with van der Waals surface area (Å²) in [6, 6.07) is 0. The molecule has 0 radical (unpaired) electrons. The molecule has 0 aromatic carbocycles. The van der Waals surface area contributed by atoms with E-state index in [1.807, 2.05) is 0 Å². The van der Waals surface area contributed by atoms with Gasteiger partial charge < -0.3 is 25.2 Å². The van der Waals surface area contributed by atoms with Gasteiger partial charge in [-0.2, -0.15) is 0 Å². The Morgan fingerprint density at radius 1 is 1.56 bits per heavy atom. The SMILES string of the molecule is CC(O)CNCCNC(=O)C1=COCCO1. The lowest BCUT2D eigenvalue weighted by Gasteiger charge is -2.15. The first-order chi connectivity index (χ1) is 7.70. The van der Waals surface area contributed by atoms with Gasteiger partial charge in [-0.1, -0.05) is 0 Å². The second-order valence-electron chi connectivity index (χ2n) is 3.51. The molecule has 6 heteroatoms. The Morgan fingerprint density at radius 3 is 3.00 bits per heavy atom. The molecule has 1 heterocycles. The first-order valence-electron chi connectivity index (χ1n) is 5.31. The summed E-state index contributed by atoms with van der Waals surface area (Å²) in [4.78, 5) is 11.4. The zero-order valence-electron chi connectivity index (χ0n) is 9.36. The highest BCUT2D eigenvalue weighted by Gasteiger charge is 2.13. The molecule has 0 bridgehead atoms. The number of rotatable bonds is 6. The second-order valence-corrected chi connectivity index (χ2v) is 3.51. The highest BCUT2D eigenvalue weighted by molar-refractivity contribution is 5.91. The molecule has 0 aliphatic carbocycles. The summed E-state index contributed by atoms with van der Waals surface area (Å²) in [5, 5.41) is 14.6. The highest BCUT2D eigenvalue weighted by Crippen LogP contribution is 2.03. The van der Waals surface area contributed by atoms with Gasteiger partial charge in [-0.3, -0.25) is 4.79 Å². The first kappa shape index (κ1) is 12.8. The van der Waals surface area contributed by atoms with Crippen molar-refractivity contribution in [2.75, 3.05) is 32.8 Å². The van der Waals surface area contributed by atoms with Crippen molar-refractivity contribution in [3.8, 4) is 0 Å². The summed E-state index contributed by atoms with van der Waals surface area (Å²) < 4.78 is 10.1. The van der Waals surface area contributed by atoms with Gasteiger partial charge in [0.1, 0.15) is 19.5 Å². The fourth-order valence-electron chi connectivity index (χ4n) is 1.15. The Labute approximate surface area is 94.6 Å². The summed E-state index contributed by atoms with van der Waals surface area (Å²) >= 11 is 0. The molecule has 0 saturated carbocycles. The zero-order valence-corrected chi connectivity index (χ0v) is 9.36. The van der Waals surface area contributed by atoms with E-state index in [1.54, 1.807) is 6.92 Å². The van der Waals surface area contributed by atoms with Gasteiger partial charge in [-0.05, 0) is 6.92 Å². The molecular weight excluding hydrogens is 212 g/mol. The maximum absolute atomic E-state index is 11.4. The van der Waals surface area contributed by atoms with Gasteiger partial charge >= 0.3 is 0 Å². The fourth-order valence-corrected chi connectivity index (χ4v) is 1.15. The predicted octanol–water partition coefficient (Wildman–Crippen LogP) is -1.04. The third-order valence-corrected chi connectivity index (χ3v) is 1.90. The van der Waals surface area contributed by atoms with Crippen LogP contribution in [0.1, 0.15) is 6.92 Å². The Kier molecular flexibility index (Phi) is 5.66. The van der Waals surface area contributed by atoms with Gasteiger partial charge in [-0.15, -0.1) is 0 Å². The predicted molar refractivity (Wildman–Crippen MR) is 57.5 cm³/mol. The third kappa shape index (κ3) is 4.99. The van der Waals surface area contributed by atoms with Gasteiger partial charge in [0.05, 0.1) is 6.10 Å². The number of aliphatic hydroxyl groups is 1. The van der Waals surface area contributed by atoms with Crippen LogP contribution >= 0.6 is 0 Å². The number of amides is 1. The molecule has 0 spiro atoms. The van der Waals surface area contributed by atoms with Crippen molar-refractivity contribution in [3.63, 3.8) is 0 Å². The van der Waals surface area contributed by atoms with E-state index in [4.69, 9.17) is 14.6 Å². The van der Waals surface area contributed by atoms with E-state index in [0.29, 0.717) is 32.8 Å². The third-order valence-electron chi connectivity index (χ3n) is 1.90. The number of hydrogen-bond acceptors (Lipinski definition) is 5. The molecule has 3 N–H and O–H groups in total. The molecule has 1 amide bonds. The van der Waals surface area contributed by atoms with E-state index in [0.717, 1.165) is 0 Å². The molecule has 16 heavy (non-hydrogen) atoms. The van der Waals surface area contributed by atoms with E-state index in [9.17, 15) is 4.79 Å². The van der Waals surface area contributed by atoms with E-state index in [-0.39, 0.29) is 17.8 Å². The minimum atomic E-state index is -0.381. The molecule has 1 aliphatic rings. The average Bonchev–Trinajstić information content (AvgIpc) is 2.29. The molecular formula is C10H18N2O4. The molecule has 0 aromatic rings. The molecule has 0 saturated heterocycles. The van der Waals surface area contributed by atoms with Crippen LogP contribution in [0.15, 0.2) is 12.0 Å². The molecule has 1 aliphatic heterocycles. The lowest BCUT2D eigenvalue weighted by atomic mass is 10.4. The van der Waals surface area contributed by atoms with Crippen molar-refractivity contribution >= 4 is 5.91 Å². The number of carbonyl (C=O) groups is 1. The summed E-state index contributed by atoms with van der Waals surface area (Å²) in [6.07, 6.45) is 0.940. The van der Waals surface area contributed by atoms with E-state index in [1.165, 1.54) is 6.26 Å². The van der Waals surface area contributed by atoms with E-state index < -0.39 is 0 Å². The van der Waals surface area contributed by atoms with Crippen LogP contribution in [0.25, 0.3) is 0 Å². The van der Waals surface area contributed by atoms with Gasteiger partial charge in [0.25, 0.3) is 5.91 Å². The van der Waals surface area contributed by atoms with Crippen LogP contribution in [0.2, 0.25) is 0 Å². The van der Waals surface area contributed by atoms with Crippen LogP contribution in [0.3, 0.4) is 0 Å². The van der Waals surface area contributed by atoms with Gasteiger partial charge in [-0.25, -0.2) is 0 Å². The Balaban J connectivity index is 2.08. The zero-order chi connectivity index (χ0) is 11.8. The van der Waals surface area contributed by atoms with Gasteiger partial charge in [0.15, 0.2) is 0 Å². The Morgan fingerprint density at radius 2 is 2.38 bits per heavy atom. The second kappa shape index (κ2) is 7.08. The molecule has 1 rings (SSSR count). The number of hydrogen-bond donors (Lipinski definition) is 3. The normalized spacial score (nSPS) is 16.8. The van der Waals surface area contributed by atoms with Crippen molar-refractivity contribution in [1.29, 1.82) is 0 Å². The first-order valence-corrected chi connectivity index (χ1v) is 5.31. The fraction of sp³-hybridized carbons (Fsp3) is 0.700. The van der Waals surface area contributed by atoms with Gasteiger partial charge in [0, 0.05) is 19.6 Å². The molecule has 0 aromatic heterocycles. The largest absolute Gasteiger partial charge is 0.494 e. The number of nitrogens with one attached hydrogen (secondary N) is 2. The summed E-state index contributed by atoms with van der Waals surface area (Å²) in [5.41, 5.74) is 0. The summed E-state index contributed by atoms with van der Waals surface area (Å²) in [7, 11) is 0. The minimum Gasteiger partial charge on any atom is -0.494 e. The molecule has 1 unspecified atom stereocenters. The maximum atomic E-state index is 11.4. The summed E-state index contributed by atoms with van der Waals surface area (Å²) in [6.45, 7) is 4.17. The molecule has 92 valence electrons. The maximum Gasteiger partial charge on any atom is 0.289 e. The quantitative estimate of drug-likeness (QED) is 0.508. The van der Waals surface area contributed by atoms with Crippen molar-refractivity contribution in [2.24, 2.45) is 0 Å². The standard InChI is InChI=1S/C10H18N2O4/c1-8(13)6-11-2-3-12-10(14)9-7-15-4-5-16-9/h7-8,11,13H,2-6H2,1H3,(H,12,14). The Bertz CT molecular complexity index is 253. The van der Waals surface area contributed by atoms with Crippen LogP contribution in [-0.4, -0.2) is 50.0 Å². The van der Waals surface area contributed by atoms with Crippen molar-refractivity contribution in [3.05, 3.63) is 12.0 Å². The lowest BCUT2D eigenvalue weighted by Crippen LogP contribution is -2.36. The summed E-state index contributed by atoms with van der Waals surface area (Å²) in [5.74, 6) is -0.0691. The van der Waals surface area contributed by atoms with Crippen LogP contribution in [0, 0.1) is 0 Å². The van der Waals surface area contributed by atoms with Crippen molar-refractivity contribution in [2.45, 2.75) is 13.0 Å². The van der Waals surface area contributed by atoms with Crippen LogP contribution in [0.4, 0.5) is 0 Å². The monoisotopic (exact) mass is 230 g/mol. The topological polar surface area (TPSA) is 79.8 Å². The van der Waals surface area contributed by atoms with E-state index >= 15 is 0 Å². The van der Waals surface area contributed by atoms with Gasteiger partial charge in [0.2, 0.25) is 5.76 Å². The molecule has 6 nitrogen and oxygen atoms in total. The molecule has 1 atom stereocenters. The van der Waals surface area contributed by atoms with Crippen LogP contribution in [0.5, 0.6) is 0 Å². The van der Waals surface area contributed by atoms with Crippen molar-refractivity contribution < 1.29 is 19.4 Å².